The number of rotatable bonds is 6. The molecule has 1 unspecified atom stereocenters. The van der Waals surface area contributed by atoms with Gasteiger partial charge in [0.25, 0.3) is 0 Å². The Morgan fingerprint density at radius 3 is 2.22 bits per heavy atom. The molecule has 2 aromatic rings. The van der Waals surface area contributed by atoms with Crippen LogP contribution >= 0.6 is 0 Å². The summed E-state index contributed by atoms with van der Waals surface area (Å²) in [5.74, 6) is -0.519. The molecule has 2 aliphatic rings. The molecule has 2 aromatic carbocycles. The molecule has 2 fully saturated rings. The second kappa shape index (κ2) is 11.3. The first-order valence-corrected chi connectivity index (χ1v) is 13.4. The third-order valence-electron chi connectivity index (χ3n) is 8.19. The maximum Gasteiger partial charge on any atom is 0.223 e. The highest BCUT2D eigenvalue weighted by Gasteiger charge is 2.41. The van der Waals surface area contributed by atoms with Crippen LogP contribution in [-0.2, 0) is 9.59 Å². The van der Waals surface area contributed by atoms with E-state index < -0.39 is 0 Å². The van der Waals surface area contributed by atoms with Crippen LogP contribution in [-0.4, -0.2) is 47.3 Å². The zero-order chi connectivity index (χ0) is 26.7. The molecule has 4 rings (SSSR count). The van der Waals surface area contributed by atoms with Gasteiger partial charge in [0.1, 0.15) is 11.6 Å². The normalized spacial score (nSPS) is 24.0. The molecule has 1 saturated carbocycles. The molecule has 1 heterocycles. The molecule has 0 bridgehead atoms. The van der Waals surface area contributed by atoms with Gasteiger partial charge in [0.05, 0.1) is 6.04 Å². The van der Waals surface area contributed by atoms with Crippen LogP contribution in [0.25, 0.3) is 0 Å². The molecule has 0 aromatic heterocycles. The van der Waals surface area contributed by atoms with Gasteiger partial charge in [-0.2, -0.15) is 0 Å². The molecular weight excluding hydrogens is 472 g/mol. The Labute approximate surface area is 219 Å². The molecule has 1 aliphatic carbocycles. The number of hydrogen-bond acceptors (Lipinski definition) is 3. The molecule has 2 amide bonds. The molecule has 1 aliphatic heterocycles. The van der Waals surface area contributed by atoms with Crippen LogP contribution in [0, 0.1) is 28.9 Å². The summed E-state index contributed by atoms with van der Waals surface area (Å²) < 4.78 is 28.8. The SMILES string of the molecule is CC(C)(C)[C@H]1CN(C(c2ccc(F)cc2)c2ccccc2F)CCN1C(=O)CC1CCC(C(N)=O)CC1. The number of primary amides is 1. The smallest absolute Gasteiger partial charge is 0.223 e. The highest BCUT2D eigenvalue weighted by molar-refractivity contribution is 5.78. The fraction of sp³-hybridized carbons (Fsp3) is 0.533. The van der Waals surface area contributed by atoms with Crippen molar-refractivity contribution in [3.05, 3.63) is 71.3 Å². The minimum atomic E-state index is -0.382. The van der Waals surface area contributed by atoms with Crippen LogP contribution < -0.4 is 5.73 Å². The van der Waals surface area contributed by atoms with Crippen molar-refractivity contribution in [3.8, 4) is 0 Å². The average Bonchev–Trinajstić information content (AvgIpc) is 2.86. The van der Waals surface area contributed by atoms with Crippen LogP contribution in [0.2, 0.25) is 0 Å². The first-order chi connectivity index (χ1) is 17.5. The average molecular weight is 512 g/mol. The van der Waals surface area contributed by atoms with Gasteiger partial charge in [-0.15, -0.1) is 0 Å². The van der Waals surface area contributed by atoms with E-state index in [9.17, 15) is 14.0 Å². The van der Waals surface area contributed by atoms with Gasteiger partial charge in [-0.3, -0.25) is 14.5 Å². The number of hydrogen-bond donors (Lipinski definition) is 1. The first kappa shape index (κ1) is 27.2. The van der Waals surface area contributed by atoms with E-state index in [1.54, 1.807) is 24.3 Å². The summed E-state index contributed by atoms with van der Waals surface area (Å²) in [7, 11) is 0. The van der Waals surface area contributed by atoms with Gasteiger partial charge in [0.2, 0.25) is 11.8 Å². The van der Waals surface area contributed by atoms with Gasteiger partial charge in [0.15, 0.2) is 0 Å². The third kappa shape index (κ3) is 6.38. The van der Waals surface area contributed by atoms with E-state index >= 15 is 4.39 Å². The number of amides is 2. The number of piperazine rings is 1. The molecule has 0 radical (unpaired) electrons. The standard InChI is InChI=1S/C30H39F2N3O2/c1-30(2,3)26-19-34(16-17-35(26)27(36)18-20-8-10-22(11-9-20)29(33)37)28(21-12-14-23(31)15-13-21)24-6-4-5-7-25(24)32/h4-7,12-15,20,22,26,28H,8-11,16-19H2,1-3H3,(H2,33,37)/t20?,22?,26-,28?/m1/s1. The van der Waals surface area contributed by atoms with Gasteiger partial charge in [0, 0.05) is 43.6 Å². The first-order valence-electron chi connectivity index (χ1n) is 13.4. The molecule has 200 valence electrons. The van der Waals surface area contributed by atoms with Crippen LogP contribution in [0.4, 0.5) is 8.78 Å². The number of nitrogens with two attached hydrogens (primary N) is 1. The van der Waals surface area contributed by atoms with Crippen molar-refractivity contribution in [3.63, 3.8) is 0 Å². The molecule has 1 saturated heterocycles. The fourth-order valence-corrected chi connectivity index (χ4v) is 6.02. The van der Waals surface area contributed by atoms with Crippen molar-refractivity contribution < 1.29 is 18.4 Å². The second-order valence-corrected chi connectivity index (χ2v) is 11.8. The van der Waals surface area contributed by atoms with E-state index in [0.29, 0.717) is 31.6 Å². The predicted octanol–water partition coefficient (Wildman–Crippen LogP) is 5.29. The summed E-state index contributed by atoms with van der Waals surface area (Å²) in [6.45, 7) is 8.12. The van der Waals surface area contributed by atoms with Gasteiger partial charge >= 0.3 is 0 Å². The van der Waals surface area contributed by atoms with Crippen LogP contribution in [0.1, 0.15) is 70.0 Å². The molecule has 2 atom stereocenters. The molecule has 37 heavy (non-hydrogen) atoms. The van der Waals surface area contributed by atoms with E-state index in [1.807, 2.05) is 11.0 Å². The summed E-state index contributed by atoms with van der Waals surface area (Å²) in [5.41, 5.74) is 6.65. The van der Waals surface area contributed by atoms with Crippen LogP contribution in [0.5, 0.6) is 0 Å². The van der Waals surface area contributed by atoms with E-state index in [-0.39, 0.29) is 52.8 Å². The third-order valence-corrected chi connectivity index (χ3v) is 8.19. The van der Waals surface area contributed by atoms with Crippen molar-refractivity contribution >= 4 is 11.8 Å². The lowest BCUT2D eigenvalue weighted by atomic mass is 9.79. The van der Waals surface area contributed by atoms with E-state index in [4.69, 9.17) is 5.73 Å². The highest BCUT2D eigenvalue weighted by atomic mass is 19.1. The summed E-state index contributed by atoms with van der Waals surface area (Å²) in [6, 6.07) is 12.6. The van der Waals surface area contributed by atoms with E-state index in [1.165, 1.54) is 18.2 Å². The Balaban J connectivity index is 1.55. The number of carbonyl (C=O) groups is 2. The number of benzene rings is 2. The minimum absolute atomic E-state index is 0.0644. The molecule has 2 N–H and O–H groups in total. The highest BCUT2D eigenvalue weighted by Crippen LogP contribution is 2.37. The maximum absolute atomic E-state index is 15.0. The zero-order valence-corrected chi connectivity index (χ0v) is 22.1. The number of nitrogens with zero attached hydrogens (tertiary/aromatic N) is 2. The molecule has 5 nitrogen and oxygen atoms in total. The lowest BCUT2D eigenvalue weighted by molar-refractivity contribution is -0.141. The van der Waals surface area contributed by atoms with Gasteiger partial charge in [-0.05, 0) is 60.8 Å². The Hall–Kier alpha value is -2.80. The minimum Gasteiger partial charge on any atom is -0.369 e. The lowest BCUT2D eigenvalue weighted by Crippen LogP contribution is -2.60. The van der Waals surface area contributed by atoms with Crippen molar-refractivity contribution in [1.82, 2.24) is 9.80 Å². The monoisotopic (exact) mass is 511 g/mol. The Bertz CT molecular complexity index is 1090. The van der Waals surface area contributed by atoms with Crippen molar-refractivity contribution in [1.29, 1.82) is 0 Å². The predicted molar refractivity (Wildman–Crippen MR) is 140 cm³/mol. The quantitative estimate of drug-likeness (QED) is 0.573. The number of carbonyl (C=O) groups excluding carboxylic acids is 2. The largest absolute Gasteiger partial charge is 0.369 e. The van der Waals surface area contributed by atoms with Gasteiger partial charge < -0.3 is 10.6 Å². The Morgan fingerprint density at radius 2 is 1.62 bits per heavy atom. The second-order valence-electron chi connectivity index (χ2n) is 11.8. The Kier molecular flexibility index (Phi) is 8.32. The molecular formula is C30H39F2N3O2. The zero-order valence-electron chi connectivity index (χ0n) is 22.1. The van der Waals surface area contributed by atoms with Crippen molar-refractivity contribution in [2.24, 2.45) is 23.0 Å². The Morgan fingerprint density at radius 1 is 0.973 bits per heavy atom. The fourth-order valence-electron chi connectivity index (χ4n) is 6.02. The van der Waals surface area contributed by atoms with Crippen molar-refractivity contribution in [2.45, 2.75) is 65.0 Å². The summed E-state index contributed by atoms with van der Waals surface area (Å²) in [6.07, 6.45) is 3.68. The van der Waals surface area contributed by atoms with Gasteiger partial charge in [-0.1, -0.05) is 51.1 Å². The van der Waals surface area contributed by atoms with E-state index in [0.717, 1.165) is 31.2 Å². The summed E-state index contributed by atoms with van der Waals surface area (Å²) in [5, 5.41) is 0. The van der Waals surface area contributed by atoms with E-state index in [2.05, 4.69) is 25.7 Å². The van der Waals surface area contributed by atoms with Gasteiger partial charge in [-0.25, -0.2) is 8.78 Å². The lowest BCUT2D eigenvalue weighted by Gasteiger charge is -2.49. The van der Waals surface area contributed by atoms with Crippen LogP contribution in [0.15, 0.2) is 48.5 Å². The number of halogens is 2. The summed E-state index contributed by atoms with van der Waals surface area (Å²) in [4.78, 5) is 29.3. The summed E-state index contributed by atoms with van der Waals surface area (Å²) >= 11 is 0. The molecule has 0 spiro atoms. The topological polar surface area (TPSA) is 66.6 Å². The van der Waals surface area contributed by atoms with Crippen LogP contribution in [0.3, 0.4) is 0 Å². The maximum atomic E-state index is 15.0. The molecule has 7 heteroatoms. The van der Waals surface area contributed by atoms with Crippen molar-refractivity contribution in [2.75, 3.05) is 19.6 Å².